The Morgan fingerprint density at radius 2 is 1.50 bits per heavy atom. The summed E-state index contributed by atoms with van der Waals surface area (Å²) in [6.45, 7) is 7.57. The molecule has 0 heterocycles. The zero-order valence-corrected chi connectivity index (χ0v) is 10.2. The summed E-state index contributed by atoms with van der Waals surface area (Å²) in [4.78, 5) is 10.7. The second kappa shape index (κ2) is 12.0. The average Bonchev–Trinajstić information content (AvgIpc) is 2.31. The van der Waals surface area contributed by atoms with Crippen LogP contribution in [0.5, 0.6) is 0 Å². The van der Waals surface area contributed by atoms with Gasteiger partial charge in [-0.25, -0.2) is 4.79 Å². The lowest BCUT2D eigenvalue weighted by atomic mass is 10.1. The summed E-state index contributed by atoms with van der Waals surface area (Å²) in [5.41, 5.74) is 0. The van der Waals surface area contributed by atoms with Crippen LogP contribution in [0.2, 0.25) is 0 Å². The molecule has 0 radical (unpaired) electrons. The van der Waals surface area contributed by atoms with E-state index in [1.807, 2.05) is 6.08 Å². The summed E-state index contributed by atoms with van der Waals surface area (Å²) < 4.78 is 4.88. The SMILES string of the molecule is C=CCCCCCCCCCOC(=O)C=C. The number of hydrogen-bond donors (Lipinski definition) is 0. The lowest BCUT2D eigenvalue weighted by molar-refractivity contribution is -0.137. The Labute approximate surface area is 99.4 Å². The van der Waals surface area contributed by atoms with Gasteiger partial charge in [0.25, 0.3) is 0 Å². The van der Waals surface area contributed by atoms with Crippen LogP contribution in [0.15, 0.2) is 25.3 Å². The van der Waals surface area contributed by atoms with Crippen LogP contribution >= 0.6 is 0 Å². The summed E-state index contributed by atoms with van der Waals surface area (Å²) in [5, 5.41) is 0. The fourth-order valence-corrected chi connectivity index (χ4v) is 1.51. The molecule has 0 spiro atoms. The number of unbranched alkanes of at least 4 members (excludes halogenated alkanes) is 7. The molecule has 2 nitrogen and oxygen atoms in total. The number of carbonyl (C=O) groups excluding carboxylic acids is 1. The first kappa shape index (κ1) is 14.9. The van der Waals surface area contributed by atoms with E-state index in [1.165, 1.54) is 38.2 Å². The van der Waals surface area contributed by atoms with Crippen LogP contribution in [-0.2, 0) is 9.53 Å². The normalized spacial score (nSPS) is 9.75. The highest BCUT2D eigenvalue weighted by atomic mass is 16.5. The zero-order chi connectivity index (χ0) is 12.1. The smallest absolute Gasteiger partial charge is 0.330 e. The minimum atomic E-state index is -0.315. The monoisotopic (exact) mass is 224 g/mol. The summed E-state index contributed by atoms with van der Waals surface area (Å²) in [7, 11) is 0. The molecule has 16 heavy (non-hydrogen) atoms. The molecule has 0 bridgehead atoms. The van der Waals surface area contributed by atoms with Gasteiger partial charge in [-0.05, 0) is 19.3 Å². The largest absolute Gasteiger partial charge is 0.463 e. The third kappa shape index (κ3) is 11.0. The van der Waals surface area contributed by atoms with Gasteiger partial charge in [0.05, 0.1) is 6.61 Å². The first-order valence-corrected chi connectivity index (χ1v) is 6.21. The molecule has 0 aliphatic carbocycles. The molecule has 0 unspecified atom stereocenters. The third-order valence-electron chi connectivity index (χ3n) is 2.46. The molecule has 92 valence electrons. The van der Waals surface area contributed by atoms with Crippen molar-refractivity contribution in [1.29, 1.82) is 0 Å². The number of ether oxygens (including phenoxy) is 1. The number of hydrogen-bond acceptors (Lipinski definition) is 2. The van der Waals surface area contributed by atoms with Gasteiger partial charge >= 0.3 is 5.97 Å². The van der Waals surface area contributed by atoms with E-state index in [1.54, 1.807) is 0 Å². The summed E-state index contributed by atoms with van der Waals surface area (Å²) >= 11 is 0. The number of allylic oxidation sites excluding steroid dienone is 1. The summed E-state index contributed by atoms with van der Waals surface area (Å²) in [6, 6.07) is 0. The molecule has 0 N–H and O–H groups in total. The fraction of sp³-hybridized carbons (Fsp3) is 0.643. The van der Waals surface area contributed by atoms with Gasteiger partial charge in [-0.2, -0.15) is 0 Å². The van der Waals surface area contributed by atoms with Crippen LogP contribution in [0.4, 0.5) is 0 Å². The highest BCUT2D eigenvalue weighted by Gasteiger charge is 1.95. The van der Waals surface area contributed by atoms with Crippen LogP contribution in [0, 0.1) is 0 Å². The van der Waals surface area contributed by atoms with Gasteiger partial charge < -0.3 is 4.74 Å². The predicted octanol–water partition coefficient (Wildman–Crippen LogP) is 4.02. The van der Waals surface area contributed by atoms with Crippen LogP contribution in [0.1, 0.15) is 51.4 Å². The molecule has 0 aliphatic rings. The van der Waals surface area contributed by atoms with Gasteiger partial charge in [-0.3, -0.25) is 0 Å². The van der Waals surface area contributed by atoms with Crippen molar-refractivity contribution in [2.45, 2.75) is 51.4 Å². The average molecular weight is 224 g/mol. The topological polar surface area (TPSA) is 26.3 Å². The number of carbonyl (C=O) groups is 1. The molecular formula is C14H24O2. The van der Waals surface area contributed by atoms with Crippen molar-refractivity contribution in [3.05, 3.63) is 25.3 Å². The van der Waals surface area contributed by atoms with Crippen molar-refractivity contribution in [3.63, 3.8) is 0 Å². The predicted molar refractivity (Wildman–Crippen MR) is 68.3 cm³/mol. The van der Waals surface area contributed by atoms with E-state index in [0.29, 0.717) is 6.61 Å². The van der Waals surface area contributed by atoms with E-state index in [2.05, 4.69) is 13.2 Å². The molecule has 0 saturated carbocycles. The molecule has 0 aromatic rings. The molecule has 0 fully saturated rings. The minimum absolute atomic E-state index is 0.315. The molecule has 0 aliphatic heterocycles. The van der Waals surface area contributed by atoms with E-state index < -0.39 is 0 Å². The third-order valence-corrected chi connectivity index (χ3v) is 2.46. The Morgan fingerprint density at radius 1 is 0.938 bits per heavy atom. The lowest BCUT2D eigenvalue weighted by Crippen LogP contribution is -2.01. The highest BCUT2D eigenvalue weighted by molar-refractivity contribution is 5.81. The van der Waals surface area contributed by atoms with Crippen LogP contribution in [0.3, 0.4) is 0 Å². The van der Waals surface area contributed by atoms with Crippen LogP contribution in [-0.4, -0.2) is 12.6 Å². The van der Waals surface area contributed by atoms with Gasteiger partial charge in [0, 0.05) is 6.08 Å². The summed E-state index contributed by atoms with van der Waals surface area (Å²) in [5.74, 6) is -0.315. The minimum Gasteiger partial charge on any atom is -0.463 e. The molecule has 0 aromatic carbocycles. The Hall–Kier alpha value is -1.05. The Balaban J connectivity index is 3.01. The molecule has 0 rings (SSSR count). The van der Waals surface area contributed by atoms with Crippen molar-refractivity contribution in [1.82, 2.24) is 0 Å². The molecule has 0 amide bonds. The lowest BCUT2D eigenvalue weighted by Gasteiger charge is -2.02. The first-order chi connectivity index (χ1) is 7.81. The second-order valence-electron chi connectivity index (χ2n) is 3.92. The maximum Gasteiger partial charge on any atom is 0.330 e. The maximum atomic E-state index is 10.7. The van der Waals surface area contributed by atoms with Crippen molar-refractivity contribution in [2.75, 3.05) is 6.61 Å². The van der Waals surface area contributed by atoms with E-state index >= 15 is 0 Å². The molecule has 0 aromatic heterocycles. The first-order valence-electron chi connectivity index (χ1n) is 6.21. The van der Waals surface area contributed by atoms with Crippen molar-refractivity contribution < 1.29 is 9.53 Å². The van der Waals surface area contributed by atoms with Gasteiger partial charge in [0.1, 0.15) is 0 Å². The fourth-order valence-electron chi connectivity index (χ4n) is 1.51. The van der Waals surface area contributed by atoms with Gasteiger partial charge in [0.2, 0.25) is 0 Å². The molecule has 2 heteroatoms. The van der Waals surface area contributed by atoms with Gasteiger partial charge in [-0.1, -0.05) is 44.8 Å². The van der Waals surface area contributed by atoms with E-state index in [9.17, 15) is 4.79 Å². The van der Waals surface area contributed by atoms with E-state index in [4.69, 9.17) is 4.74 Å². The number of rotatable bonds is 11. The van der Waals surface area contributed by atoms with Crippen molar-refractivity contribution >= 4 is 5.97 Å². The van der Waals surface area contributed by atoms with Crippen molar-refractivity contribution in [2.24, 2.45) is 0 Å². The van der Waals surface area contributed by atoms with Gasteiger partial charge in [0.15, 0.2) is 0 Å². The van der Waals surface area contributed by atoms with E-state index in [-0.39, 0.29) is 5.97 Å². The van der Waals surface area contributed by atoms with Gasteiger partial charge in [-0.15, -0.1) is 6.58 Å². The maximum absolute atomic E-state index is 10.7. The van der Waals surface area contributed by atoms with E-state index in [0.717, 1.165) is 19.3 Å². The van der Waals surface area contributed by atoms with Crippen molar-refractivity contribution in [3.8, 4) is 0 Å². The molecular weight excluding hydrogens is 200 g/mol. The zero-order valence-electron chi connectivity index (χ0n) is 10.2. The van der Waals surface area contributed by atoms with Crippen LogP contribution in [0.25, 0.3) is 0 Å². The molecule has 0 saturated heterocycles. The Kier molecular flexibility index (Phi) is 11.2. The van der Waals surface area contributed by atoms with Crippen LogP contribution < -0.4 is 0 Å². The summed E-state index contributed by atoms with van der Waals surface area (Å²) in [6.07, 6.45) is 12.8. The standard InChI is InChI=1S/C14H24O2/c1-3-5-6-7-8-9-10-11-12-13-16-14(15)4-2/h3-4H,1-2,5-13H2. The molecule has 0 atom stereocenters. The Morgan fingerprint density at radius 3 is 2.06 bits per heavy atom. The second-order valence-corrected chi connectivity index (χ2v) is 3.92. The Bertz CT molecular complexity index is 197. The number of esters is 1. The quantitative estimate of drug-likeness (QED) is 0.229. The highest BCUT2D eigenvalue weighted by Crippen LogP contribution is 2.08.